The van der Waals surface area contributed by atoms with Crippen molar-refractivity contribution >= 4 is 11.0 Å². The van der Waals surface area contributed by atoms with Crippen LogP contribution in [0.4, 0.5) is 13.2 Å². The van der Waals surface area contributed by atoms with Crippen LogP contribution >= 0.6 is 0 Å². The van der Waals surface area contributed by atoms with Gasteiger partial charge in [-0.15, -0.1) is 0 Å². The molecule has 0 unspecified atom stereocenters. The number of para-hydroxylation sites is 1. The van der Waals surface area contributed by atoms with Gasteiger partial charge in [0.2, 0.25) is 0 Å². The Bertz CT molecular complexity index is 508. The summed E-state index contributed by atoms with van der Waals surface area (Å²) in [5, 5.41) is 0.546. The van der Waals surface area contributed by atoms with Crippen molar-refractivity contribution in [1.82, 2.24) is 0 Å². The number of hydrogen-bond acceptors (Lipinski definition) is 1. The molecule has 0 aliphatic carbocycles. The summed E-state index contributed by atoms with van der Waals surface area (Å²) < 4.78 is 43.1. The lowest BCUT2D eigenvalue weighted by atomic mass is 10.0. The highest BCUT2D eigenvalue weighted by atomic mass is 19.4. The van der Waals surface area contributed by atoms with Gasteiger partial charge in [-0.1, -0.05) is 26.0 Å². The van der Waals surface area contributed by atoms with Gasteiger partial charge in [0.25, 0.3) is 0 Å². The van der Waals surface area contributed by atoms with Gasteiger partial charge < -0.3 is 4.42 Å². The molecule has 2 aromatic rings. The van der Waals surface area contributed by atoms with Gasteiger partial charge in [0.1, 0.15) is 5.58 Å². The van der Waals surface area contributed by atoms with Crippen LogP contribution in [0.2, 0.25) is 0 Å². The van der Waals surface area contributed by atoms with Gasteiger partial charge in [-0.05, 0) is 12.0 Å². The molecular weight excluding hydrogens is 217 g/mol. The van der Waals surface area contributed by atoms with E-state index in [0.717, 1.165) is 11.6 Å². The molecule has 0 N–H and O–H groups in total. The zero-order valence-corrected chi connectivity index (χ0v) is 8.93. The van der Waals surface area contributed by atoms with Crippen molar-refractivity contribution < 1.29 is 17.6 Å². The van der Waals surface area contributed by atoms with E-state index in [9.17, 15) is 13.2 Å². The summed E-state index contributed by atoms with van der Waals surface area (Å²) in [7, 11) is 0. The molecule has 0 atom stereocenters. The van der Waals surface area contributed by atoms with Gasteiger partial charge in [0.05, 0.1) is 11.8 Å². The Labute approximate surface area is 90.9 Å². The molecule has 0 spiro atoms. The van der Waals surface area contributed by atoms with E-state index in [-0.39, 0.29) is 11.5 Å². The molecule has 86 valence electrons. The Kier molecular flexibility index (Phi) is 2.45. The Morgan fingerprint density at radius 3 is 2.44 bits per heavy atom. The van der Waals surface area contributed by atoms with Crippen molar-refractivity contribution in [2.45, 2.75) is 25.9 Å². The molecule has 1 heterocycles. The van der Waals surface area contributed by atoms with E-state index < -0.39 is 11.7 Å². The summed E-state index contributed by atoms with van der Waals surface area (Å²) in [5.41, 5.74) is 0.0247. The molecule has 0 aliphatic heterocycles. The number of alkyl halides is 3. The third-order valence-electron chi connectivity index (χ3n) is 2.56. The Morgan fingerprint density at radius 2 is 1.88 bits per heavy atom. The SMILES string of the molecule is CC(C)c1coc2c(C(F)(F)F)cccc12. The minimum Gasteiger partial charge on any atom is -0.463 e. The standard InChI is InChI=1S/C12H11F3O/c1-7(2)9-6-16-11-8(9)4-3-5-10(11)12(13,14)15/h3-7H,1-2H3. The fraction of sp³-hybridized carbons (Fsp3) is 0.333. The van der Waals surface area contributed by atoms with Crippen LogP contribution in [0.25, 0.3) is 11.0 Å². The minimum absolute atomic E-state index is 0.0706. The fourth-order valence-electron chi connectivity index (χ4n) is 1.75. The van der Waals surface area contributed by atoms with Crippen LogP contribution in [0.5, 0.6) is 0 Å². The van der Waals surface area contributed by atoms with Crippen LogP contribution in [-0.2, 0) is 6.18 Å². The first kappa shape index (κ1) is 11.0. The van der Waals surface area contributed by atoms with E-state index in [2.05, 4.69) is 0 Å². The molecule has 0 radical (unpaired) electrons. The number of hydrogen-bond donors (Lipinski definition) is 0. The van der Waals surface area contributed by atoms with Crippen LogP contribution in [0.3, 0.4) is 0 Å². The first-order chi connectivity index (χ1) is 7.41. The number of benzene rings is 1. The van der Waals surface area contributed by atoms with Crippen molar-refractivity contribution in [3.63, 3.8) is 0 Å². The molecule has 0 bridgehead atoms. The number of halogens is 3. The maximum atomic E-state index is 12.7. The van der Waals surface area contributed by atoms with Crippen molar-refractivity contribution in [2.24, 2.45) is 0 Å². The van der Waals surface area contributed by atoms with E-state index in [1.807, 2.05) is 13.8 Å². The molecule has 4 heteroatoms. The average molecular weight is 228 g/mol. The molecular formula is C12H11F3O. The Morgan fingerprint density at radius 1 is 1.19 bits per heavy atom. The summed E-state index contributed by atoms with van der Waals surface area (Å²) in [4.78, 5) is 0. The molecule has 0 fully saturated rings. The molecule has 1 nitrogen and oxygen atoms in total. The number of furan rings is 1. The first-order valence-electron chi connectivity index (χ1n) is 4.98. The topological polar surface area (TPSA) is 13.1 Å². The van der Waals surface area contributed by atoms with Crippen molar-refractivity contribution in [1.29, 1.82) is 0 Å². The zero-order valence-electron chi connectivity index (χ0n) is 8.93. The second-order valence-electron chi connectivity index (χ2n) is 4.03. The Balaban J connectivity index is 2.72. The lowest BCUT2D eigenvalue weighted by molar-refractivity contribution is -0.136. The largest absolute Gasteiger partial charge is 0.463 e. The van der Waals surface area contributed by atoms with Gasteiger partial charge in [-0.25, -0.2) is 0 Å². The molecule has 1 aromatic heterocycles. The third kappa shape index (κ3) is 1.68. The predicted molar refractivity (Wildman–Crippen MR) is 55.3 cm³/mol. The normalized spacial score (nSPS) is 12.6. The van der Waals surface area contributed by atoms with Gasteiger partial charge in [0.15, 0.2) is 0 Å². The van der Waals surface area contributed by atoms with Gasteiger partial charge in [-0.3, -0.25) is 0 Å². The van der Waals surface area contributed by atoms with Crippen LogP contribution in [0.1, 0.15) is 30.9 Å². The van der Waals surface area contributed by atoms with Crippen LogP contribution < -0.4 is 0 Å². The fourth-order valence-corrected chi connectivity index (χ4v) is 1.75. The summed E-state index contributed by atoms with van der Waals surface area (Å²) in [6.07, 6.45) is -2.96. The second kappa shape index (κ2) is 3.54. The summed E-state index contributed by atoms with van der Waals surface area (Å²) in [6.45, 7) is 3.84. The maximum Gasteiger partial charge on any atom is 0.420 e. The van der Waals surface area contributed by atoms with Crippen LogP contribution in [0, 0.1) is 0 Å². The van der Waals surface area contributed by atoms with Crippen molar-refractivity contribution in [3.05, 3.63) is 35.6 Å². The number of fused-ring (bicyclic) bond motifs is 1. The highest BCUT2D eigenvalue weighted by Crippen LogP contribution is 2.37. The summed E-state index contributed by atoms with van der Waals surface area (Å²) in [5.74, 6) is 0.143. The lowest BCUT2D eigenvalue weighted by Gasteiger charge is -2.07. The predicted octanol–water partition coefficient (Wildman–Crippen LogP) is 4.58. The molecule has 2 rings (SSSR count). The molecule has 16 heavy (non-hydrogen) atoms. The summed E-state index contributed by atoms with van der Waals surface area (Å²) >= 11 is 0. The van der Waals surface area contributed by atoms with Crippen LogP contribution in [-0.4, -0.2) is 0 Å². The average Bonchev–Trinajstić information content (AvgIpc) is 2.58. The van der Waals surface area contributed by atoms with Gasteiger partial charge in [0, 0.05) is 10.9 Å². The molecule has 1 aromatic carbocycles. The Hall–Kier alpha value is -1.45. The number of rotatable bonds is 1. The highest BCUT2D eigenvalue weighted by Gasteiger charge is 2.34. The first-order valence-corrected chi connectivity index (χ1v) is 4.98. The molecule has 0 saturated carbocycles. The van der Waals surface area contributed by atoms with E-state index in [1.165, 1.54) is 12.3 Å². The minimum atomic E-state index is -4.37. The second-order valence-corrected chi connectivity index (χ2v) is 4.03. The van der Waals surface area contributed by atoms with E-state index in [4.69, 9.17) is 4.42 Å². The molecule has 0 saturated heterocycles. The molecule has 0 aliphatic rings. The highest BCUT2D eigenvalue weighted by molar-refractivity contribution is 5.84. The summed E-state index contributed by atoms with van der Waals surface area (Å²) in [6, 6.07) is 4.10. The van der Waals surface area contributed by atoms with Gasteiger partial charge in [-0.2, -0.15) is 13.2 Å². The monoisotopic (exact) mass is 228 g/mol. The van der Waals surface area contributed by atoms with Crippen molar-refractivity contribution in [3.8, 4) is 0 Å². The van der Waals surface area contributed by atoms with E-state index in [1.54, 1.807) is 6.07 Å². The maximum absolute atomic E-state index is 12.7. The van der Waals surface area contributed by atoms with Crippen LogP contribution in [0.15, 0.2) is 28.9 Å². The zero-order chi connectivity index (χ0) is 11.9. The third-order valence-corrected chi connectivity index (χ3v) is 2.56. The van der Waals surface area contributed by atoms with Gasteiger partial charge >= 0.3 is 6.18 Å². The van der Waals surface area contributed by atoms with Crippen molar-refractivity contribution in [2.75, 3.05) is 0 Å². The quantitative estimate of drug-likeness (QED) is 0.696. The smallest absolute Gasteiger partial charge is 0.420 e. The van der Waals surface area contributed by atoms with E-state index in [0.29, 0.717) is 5.39 Å². The lowest BCUT2D eigenvalue weighted by Crippen LogP contribution is -2.04. The molecule has 0 amide bonds. The van der Waals surface area contributed by atoms with E-state index >= 15 is 0 Å².